The molecule has 2 atom stereocenters. The first-order valence-corrected chi connectivity index (χ1v) is 10.9. The van der Waals surface area contributed by atoms with Crippen molar-refractivity contribution in [2.45, 2.75) is 57.2 Å². The molecule has 0 radical (unpaired) electrons. The molecule has 1 aliphatic carbocycles. The highest BCUT2D eigenvalue weighted by molar-refractivity contribution is 5.82. The lowest BCUT2D eigenvalue weighted by Gasteiger charge is -2.36. The second-order valence-corrected chi connectivity index (χ2v) is 8.09. The zero-order valence-electron chi connectivity index (χ0n) is 17.2. The van der Waals surface area contributed by atoms with E-state index in [0.717, 1.165) is 25.1 Å². The average molecular weight is 400 g/mol. The molecule has 6 nitrogen and oxygen atoms in total. The Morgan fingerprint density at radius 3 is 2.62 bits per heavy atom. The van der Waals surface area contributed by atoms with Gasteiger partial charge in [0.2, 0.25) is 5.91 Å². The molecular formula is C23H33N3O3. The van der Waals surface area contributed by atoms with Crippen LogP contribution >= 0.6 is 0 Å². The lowest BCUT2D eigenvalue weighted by Crippen LogP contribution is -2.54. The number of nitrogens with zero attached hydrogens (tertiary/aromatic N) is 2. The first-order chi connectivity index (χ1) is 14.3. The second kappa shape index (κ2) is 11.9. The molecule has 0 unspecified atom stereocenters. The van der Waals surface area contributed by atoms with Crippen molar-refractivity contribution in [1.82, 2.24) is 10.2 Å². The summed E-state index contributed by atoms with van der Waals surface area (Å²) in [6, 6.07) is 11.2. The molecule has 1 saturated carbocycles. The van der Waals surface area contributed by atoms with Crippen LogP contribution in [0.15, 0.2) is 30.3 Å². The van der Waals surface area contributed by atoms with Crippen molar-refractivity contribution in [2.75, 3.05) is 32.9 Å². The van der Waals surface area contributed by atoms with Gasteiger partial charge >= 0.3 is 0 Å². The Morgan fingerprint density at radius 1 is 1.21 bits per heavy atom. The summed E-state index contributed by atoms with van der Waals surface area (Å²) >= 11 is 0. The molecular weight excluding hydrogens is 366 g/mol. The van der Waals surface area contributed by atoms with Crippen molar-refractivity contribution in [3.8, 4) is 6.07 Å². The molecule has 1 aromatic rings. The summed E-state index contributed by atoms with van der Waals surface area (Å²) < 4.78 is 11.1. The van der Waals surface area contributed by atoms with Crippen LogP contribution in [0.1, 0.15) is 44.1 Å². The molecule has 2 fully saturated rings. The van der Waals surface area contributed by atoms with E-state index in [0.29, 0.717) is 25.7 Å². The number of carbonyl (C=O) groups is 1. The minimum absolute atomic E-state index is 0.0488. The van der Waals surface area contributed by atoms with Crippen LogP contribution in [0.25, 0.3) is 0 Å². The van der Waals surface area contributed by atoms with Gasteiger partial charge in [-0.2, -0.15) is 5.26 Å². The fraction of sp³-hybridized carbons (Fsp3) is 0.652. The maximum Gasteiger partial charge on any atom is 0.238 e. The number of amides is 1. The van der Waals surface area contributed by atoms with Crippen LogP contribution in [-0.4, -0.2) is 55.8 Å². The number of nitrogens with one attached hydrogen (secondary N) is 1. The van der Waals surface area contributed by atoms with Gasteiger partial charge in [-0.25, -0.2) is 0 Å². The third-order valence-electron chi connectivity index (χ3n) is 5.94. The quantitative estimate of drug-likeness (QED) is 0.691. The number of nitriles is 1. The van der Waals surface area contributed by atoms with Crippen LogP contribution in [0.4, 0.5) is 0 Å². The van der Waals surface area contributed by atoms with E-state index < -0.39 is 6.04 Å². The first kappa shape index (κ1) is 21.8. The summed E-state index contributed by atoms with van der Waals surface area (Å²) in [4.78, 5) is 15.3. The number of hydrogen-bond donors (Lipinski definition) is 1. The summed E-state index contributed by atoms with van der Waals surface area (Å²) in [5.74, 6) is 0.546. The molecule has 0 spiro atoms. The summed E-state index contributed by atoms with van der Waals surface area (Å²) in [7, 11) is 0. The van der Waals surface area contributed by atoms with E-state index in [4.69, 9.17) is 9.47 Å². The normalized spacial score (nSPS) is 20.5. The maximum atomic E-state index is 13.1. The van der Waals surface area contributed by atoms with Crippen LogP contribution in [0, 0.1) is 17.2 Å². The lowest BCUT2D eigenvalue weighted by molar-refractivity contribution is -0.130. The summed E-state index contributed by atoms with van der Waals surface area (Å²) in [5.41, 5.74) is 1.05. The van der Waals surface area contributed by atoms with E-state index in [2.05, 4.69) is 16.3 Å². The summed E-state index contributed by atoms with van der Waals surface area (Å²) in [6.45, 7) is 3.49. The molecule has 0 bridgehead atoms. The van der Waals surface area contributed by atoms with Crippen molar-refractivity contribution >= 4 is 5.91 Å². The third kappa shape index (κ3) is 7.11. The predicted octanol–water partition coefficient (Wildman–Crippen LogP) is 2.88. The van der Waals surface area contributed by atoms with Gasteiger partial charge in [-0.05, 0) is 17.9 Å². The van der Waals surface area contributed by atoms with E-state index in [9.17, 15) is 10.1 Å². The fourth-order valence-electron chi connectivity index (χ4n) is 4.30. The van der Waals surface area contributed by atoms with Crippen molar-refractivity contribution < 1.29 is 14.3 Å². The predicted molar refractivity (Wildman–Crippen MR) is 111 cm³/mol. The average Bonchev–Trinajstić information content (AvgIpc) is 2.78. The molecule has 0 aromatic heterocycles. The van der Waals surface area contributed by atoms with Gasteiger partial charge in [0.1, 0.15) is 6.04 Å². The van der Waals surface area contributed by atoms with Gasteiger partial charge in [0.15, 0.2) is 0 Å². The Kier molecular flexibility index (Phi) is 8.94. The third-order valence-corrected chi connectivity index (χ3v) is 5.94. The Balaban J connectivity index is 1.54. The minimum Gasteiger partial charge on any atom is -0.379 e. The Labute approximate surface area is 174 Å². The zero-order chi connectivity index (χ0) is 20.3. The summed E-state index contributed by atoms with van der Waals surface area (Å²) in [5, 5.41) is 12.4. The monoisotopic (exact) mass is 399 g/mol. The van der Waals surface area contributed by atoms with Crippen LogP contribution in [-0.2, 0) is 20.9 Å². The molecule has 158 valence electrons. The van der Waals surface area contributed by atoms with Gasteiger partial charge in [-0.15, -0.1) is 0 Å². The van der Waals surface area contributed by atoms with E-state index in [1.54, 1.807) is 0 Å². The molecule has 1 N–H and O–H groups in total. The van der Waals surface area contributed by atoms with E-state index >= 15 is 0 Å². The molecule has 3 rings (SSSR count). The largest absolute Gasteiger partial charge is 0.379 e. The van der Waals surface area contributed by atoms with Gasteiger partial charge in [-0.3, -0.25) is 9.69 Å². The summed E-state index contributed by atoms with van der Waals surface area (Å²) in [6.07, 6.45) is 7.10. The Bertz CT molecular complexity index is 649. The zero-order valence-corrected chi connectivity index (χ0v) is 17.2. The van der Waals surface area contributed by atoms with E-state index in [-0.39, 0.29) is 18.6 Å². The highest BCUT2D eigenvalue weighted by atomic mass is 16.5. The number of carbonyl (C=O) groups excluding carboxylic acids is 1. The van der Waals surface area contributed by atoms with Crippen LogP contribution in [0.5, 0.6) is 0 Å². The smallest absolute Gasteiger partial charge is 0.238 e. The highest BCUT2D eigenvalue weighted by Crippen LogP contribution is 2.29. The van der Waals surface area contributed by atoms with E-state index in [1.165, 1.54) is 32.1 Å². The molecule has 29 heavy (non-hydrogen) atoms. The van der Waals surface area contributed by atoms with Crippen molar-refractivity contribution in [3.05, 3.63) is 35.9 Å². The van der Waals surface area contributed by atoms with Crippen molar-refractivity contribution in [1.29, 1.82) is 5.26 Å². The number of rotatable bonds is 9. The van der Waals surface area contributed by atoms with Gasteiger partial charge < -0.3 is 14.8 Å². The maximum absolute atomic E-state index is 13.1. The molecule has 1 saturated heterocycles. The highest BCUT2D eigenvalue weighted by Gasteiger charge is 2.31. The van der Waals surface area contributed by atoms with Gasteiger partial charge in [0.05, 0.1) is 38.5 Å². The van der Waals surface area contributed by atoms with Crippen LogP contribution in [0.2, 0.25) is 0 Å². The molecule has 1 amide bonds. The second-order valence-electron chi connectivity index (χ2n) is 8.09. The first-order valence-electron chi connectivity index (χ1n) is 10.9. The fourth-order valence-corrected chi connectivity index (χ4v) is 4.30. The van der Waals surface area contributed by atoms with Gasteiger partial charge in [0.25, 0.3) is 0 Å². The number of hydrogen-bond acceptors (Lipinski definition) is 5. The topological polar surface area (TPSA) is 74.6 Å². The number of ether oxygens (including phenoxy) is 2. The molecule has 1 heterocycles. The molecule has 6 heteroatoms. The minimum atomic E-state index is -0.638. The van der Waals surface area contributed by atoms with Gasteiger partial charge in [-0.1, -0.05) is 62.4 Å². The SMILES string of the molecule is N#C[C@H](COCc1ccccc1)NC(=O)[C@H](CC1CCCCC1)N1CCOCC1. The Morgan fingerprint density at radius 2 is 1.93 bits per heavy atom. The van der Waals surface area contributed by atoms with Crippen molar-refractivity contribution in [2.24, 2.45) is 5.92 Å². The molecule has 1 aromatic carbocycles. The molecule has 1 aliphatic heterocycles. The van der Waals surface area contributed by atoms with E-state index in [1.807, 2.05) is 30.3 Å². The standard InChI is InChI=1S/C23H33N3O3/c24-16-21(18-29-17-20-9-5-2-6-10-20)25-23(27)22(26-11-13-28-14-12-26)15-19-7-3-1-4-8-19/h2,5-6,9-10,19,21-22H,1,3-4,7-8,11-15,17-18H2,(H,25,27)/t21-,22+/m1/s1. The number of benzene rings is 1. The lowest BCUT2D eigenvalue weighted by atomic mass is 9.84. The Hall–Kier alpha value is -1.94. The van der Waals surface area contributed by atoms with Crippen LogP contribution < -0.4 is 5.32 Å². The van der Waals surface area contributed by atoms with Gasteiger partial charge in [0, 0.05) is 13.1 Å². The number of morpholine rings is 1. The van der Waals surface area contributed by atoms with Crippen LogP contribution in [0.3, 0.4) is 0 Å². The van der Waals surface area contributed by atoms with Crippen molar-refractivity contribution in [3.63, 3.8) is 0 Å². The molecule has 2 aliphatic rings.